The number of rotatable bonds is 6. The zero-order valence-electron chi connectivity index (χ0n) is 16.4. The summed E-state index contributed by atoms with van der Waals surface area (Å²) >= 11 is 0. The van der Waals surface area contributed by atoms with Crippen LogP contribution in [0, 0.1) is 6.92 Å². The highest BCUT2D eigenvalue weighted by Crippen LogP contribution is 2.31. The molecule has 1 aliphatic rings. The fourth-order valence-electron chi connectivity index (χ4n) is 3.76. The van der Waals surface area contributed by atoms with Crippen LogP contribution in [0.3, 0.4) is 0 Å². The average molecular weight is 378 g/mol. The summed E-state index contributed by atoms with van der Waals surface area (Å²) in [6.45, 7) is 5.46. The largest absolute Gasteiger partial charge is 0.496 e. The number of ether oxygens (including phenoxy) is 1. The topological polar surface area (TPSA) is 63.4 Å². The third kappa shape index (κ3) is 4.08. The normalized spacial score (nSPS) is 17.6. The zero-order chi connectivity index (χ0) is 19.3. The molecule has 0 radical (unpaired) electrons. The maximum atomic E-state index is 5.57. The van der Waals surface area contributed by atoms with Gasteiger partial charge in [0.15, 0.2) is 5.82 Å². The smallest absolute Gasteiger partial charge is 0.240 e. The van der Waals surface area contributed by atoms with Gasteiger partial charge in [-0.3, -0.25) is 4.90 Å². The molecule has 0 bridgehead atoms. The summed E-state index contributed by atoms with van der Waals surface area (Å²) in [5.74, 6) is 2.30. The molecule has 6 nitrogen and oxygen atoms in total. The number of para-hydroxylation sites is 1. The molecule has 4 rings (SSSR count). The molecule has 1 fully saturated rings. The lowest BCUT2D eigenvalue weighted by Crippen LogP contribution is -2.45. The number of hydrogen-bond acceptors (Lipinski definition) is 6. The van der Waals surface area contributed by atoms with Crippen molar-refractivity contribution in [1.29, 1.82) is 0 Å². The van der Waals surface area contributed by atoms with Gasteiger partial charge in [0, 0.05) is 31.6 Å². The summed E-state index contributed by atoms with van der Waals surface area (Å²) in [7, 11) is 1.72. The summed E-state index contributed by atoms with van der Waals surface area (Å²) in [6, 6.07) is 16.7. The van der Waals surface area contributed by atoms with Crippen molar-refractivity contribution in [2.75, 3.05) is 26.7 Å². The van der Waals surface area contributed by atoms with Gasteiger partial charge in [-0.15, -0.1) is 0 Å². The van der Waals surface area contributed by atoms with E-state index in [-0.39, 0.29) is 6.04 Å². The molecule has 146 valence electrons. The van der Waals surface area contributed by atoms with Crippen LogP contribution in [0.15, 0.2) is 53.1 Å². The molecule has 1 aromatic heterocycles. The van der Waals surface area contributed by atoms with Crippen LogP contribution in [0.5, 0.6) is 5.75 Å². The van der Waals surface area contributed by atoms with Crippen LogP contribution in [0.4, 0.5) is 0 Å². The van der Waals surface area contributed by atoms with E-state index in [9.17, 15) is 0 Å². The molecule has 1 N–H and O–H groups in total. The van der Waals surface area contributed by atoms with Gasteiger partial charge in [0.2, 0.25) is 5.89 Å². The molecule has 1 unspecified atom stereocenters. The van der Waals surface area contributed by atoms with Crippen LogP contribution in [-0.4, -0.2) is 41.8 Å². The lowest BCUT2D eigenvalue weighted by atomic mass is 10.0. The van der Waals surface area contributed by atoms with Crippen LogP contribution in [0.1, 0.15) is 34.4 Å². The Hall–Kier alpha value is -2.70. The first kappa shape index (κ1) is 18.7. The molecule has 28 heavy (non-hydrogen) atoms. The lowest BCUT2D eigenvalue weighted by molar-refractivity contribution is 0.133. The predicted molar refractivity (Wildman–Crippen MR) is 107 cm³/mol. The molecule has 0 spiro atoms. The molecule has 6 heteroatoms. The highest BCUT2D eigenvalue weighted by molar-refractivity contribution is 5.36. The van der Waals surface area contributed by atoms with Crippen molar-refractivity contribution in [3.63, 3.8) is 0 Å². The number of nitrogens with one attached hydrogen (secondary N) is 1. The second-order valence-corrected chi connectivity index (χ2v) is 7.14. The van der Waals surface area contributed by atoms with Crippen LogP contribution in [0.2, 0.25) is 0 Å². The van der Waals surface area contributed by atoms with Crippen LogP contribution in [-0.2, 0) is 13.0 Å². The molecule has 2 aromatic carbocycles. The predicted octanol–water partition coefficient (Wildman–Crippen LogP) is 3.12. The summed E-state index contributed by atoms with van der Waals surface area (Å²) in [5, 5.41) is 7.68. The minimum absolute atomic E-state index is 0.205. The summed E-state index contributed by atoms with van der Waals surface area (Å²) in [4.78, 5) is 7.01. The van der Waals surface area contributed by atoms with E-state index in [1.54, 1.807) is 7.11 Å². The molecule has 1 atom stereocenters. The van der Waals surface area contributed by atoms with Gasteiger partial charge in [-0.05, 0) is 24.1 Å². The molecule has 1 aliphatic heterocycles. The van der Waals surface area contributed by atoms with Crippen LogP contribution >= 0.6 is 0 Å². The quantitative estimate of drug-likeness (QED) is 0.711. The molecule has 0 amide bonds. The number of piperazine rings is 1. The summed E-state index contributed by atoms with van der Waals surface area (Å²) < 4.78 is 11.1. The van der Waals surface area contributed by atoms with Crippen molar-refractivity contribution in [2.45, 2.75) is 25.9 Å². The van der Waals surface area contributed by atoms with Crippen molar-refractivity contribution in [3.05, 3.63) is 76.9 Å². The van der Waals surface area contributed by atoms with E-state index in [0.717, 1.165) is 31.2 Å². The summed E-state index contributed by atoms with van der Waals surface area (Å²) in [6.07, 6.45) is 0.688. The van der Waals surface area contributed by atoms with Crippen molar-refractivity contribution >= 4 is 0 Å². The van der Waals surface area contributed by atoms with Gasteiger partial charge in [-0.25, -0.2) is 0 Å². The highest BCUT2D eigenvalue weighted by atomic mass is 16.5. The van der Waals surface area contributed by atoms with E-state index < -0.39 is 0 Å². The minimum Gasteiger partial charge on any atom is -0.496 e. The molecule has 3 aromatic rings. The van der Waals surface area contributed by atoms with Gasteiger partial charge >= 0.3 is 0 Å². The maximum absolute atomic E-state index is 5.57. The number of methoxy groups -OCH3 is 1. The van der Waals surface area contributed by atoms with Gasteiger partial charge < -0.3 is 14.6 Å². The first-order valence-electron chi connectivity index (χ1n) is 9.68. The third-order valence-electron chi connectivity index (χ3n) is 5.31. The fraction of sp³-hybridized carbons (Fsp3) is 0.364. The van der Waals surface area contributed by atoms with Crippen LogP contribution < -0.4 is 10.1 Å². The van der Waals surface area contributed by atoms with Crippen molar-refractivity contribution in [3.8, 4) is 5.75 Å². The van der Waals surface area contributed by atoms with E-state index in [4.69, 9.17) is 9.26 Å². The maximum Gasteiger partial charge on any atom is 0.240 e. The Morgan fingerprint density at radius 2 is 2.00 bits per heavy atom. The number of benzene rings is 2. The number of aromatic nitrogens is 2. The van der Waals surface area contributed by atoms with Gasteiger partial charge in [0.25, 0.3) is 0 Å². The number of aryl methyl sites for hydroxylation is 1. The summed E-state index contributed by atoms with van der Waals surface area (Å²) in [5.41, 5.74) is 3.65. The Morgan fingerprint density at radius 1 is 1.18 bits per heavy atom. The standard InChI is InChI=1S/C22H26N4O2/c1-16-7-3-4-8-17(16)13-21-24-22(28-25-21)15-26-12-11-23-14-19(26)18-9-5-6-10-20(18)27-2/h3-10,19,23H,11-15H2,1-2H3. The third-order valence-corrected chi connectivity index (χ3v) is 5.31. The lowest BCUT2D eigenvalue weighted by Gasteiger charge is -2.36. The second kappa shape index (κ2) is 8.54. The Morgan fingerprint density at radius 3 is 2.86 bits per heavy atom. The minimum atomic E-state index is 0.205. The average Bonchev–Trinajstić information content (AvgIpc) is 3.17. The van der Waals surface area contributed by atoms with Crippen molar-refractivity contribution in [2.24, 2.45) is 0 Å². The van der Waals surface area contributed by atoms with E-state index in [2.05, 4.69) is 51.5 Å². The van der Waals surface area contributed by atoms with Gasteiger partial charge in [0.05, 0.1) is 19.7 Å². The van der Waals surface area contributed by atoms with Gasteiger partial charge in [-0.2, -0.15) is 4.98 Å². The zero-order valence-corrected chi connectivity index (χ0v) is 16.4. The number of nitrogens with zero attached hydrogens (tertiary/aromatic N) is 3. The number of hydrogen-bond donors (Lipinski definition) is 1. The Balaban J connectivity index is 1.50. The van der Waals surface area contributed by atoms with Crippen LogP contribution in [0.25, 0.3) is 0 Å². The first-order chi connectivity index (χ1) is 13.7. The monoisotopic (exact) mass is 378 g/mol. The SMILES string of the molecule is COc1ccccc1C1CNCCN1Cc1nc(Cc2ccccc2C)no1. The van der Waals surface area contributed by atoms with E-state index >= 15 is 0 Å². The van der Waals surface area contributed by atoms with Crippen molar-refractivity contribution in [1.82, 2.24) is 20.4 Å². The Bertz CT molecular complexity index is 924. The first-order valence-corrected chi connectivity index (χ1v) is 9.68. The van der Waals surface area contributed by atoms with E-state index in [1.807, 2.05) is 24.3 Å². The fourth-order valence-corrected chi connectivity index (χ4v) is 3.76. The van der Waals surface area contributed by atoms with E-state index in [1.165, 1.54) is 16.7 Å². The van der Waals surface area contributed by atoms with Gasteiger partial charge in [0.1, 0.15) is 5.75 Å². The Labute approximate surface area is 165 Å². The van der Waals surface area contributed by atoms with Gasteiger partial charge in [-0.1, -0.05) is 47.6 Å². The Kier molecular flexibility index (Phi) is 5.69. The molecular weight excluding hydrogens is 352 g/mol. The molecule has 1 saturated heterocycles. The second-order valence-electron chi connectivity index (χ2n) is 7.14. The highest BCUT2D eigenvalue weighted by Gasteiger charge is 2.27. The van der Waals surface area contributed by atoms with Crippen molar-refractivity contribution < 1.29 is 9.26 Å². The molecule has 0 aliphatic carbocycles. The molecule has 2 heterocycles. The molecular formula is C22H26N4O2. The van der Waals surface area contributed by atoms with E-state index in [0.29, 0.717) is 18.9 Å². The molecule has 0 saturated carbocycles.